The predicted octanol–water partition coefficient (Wildman–Crippen LogP) is 5.36. The quantitative estimate of drug-likeness (QED) is 0.627. The minimum Gasteiger partial charge on any atom is -0.465 e. The molecule has 0 bridgehead atoms. The van der Waals surface area contributed by atoms with Crippen molar-refractivity contribution in [3.63, 3.8) is 0 Å². The molecule has 0 radical (unpaired) electrons. The van der Waals surface area contributed by atoms with Crippen molar-refractivity contribution in [3.05, 3.63) is 53.9 Å². The molecule has 1 N–H and O–H groups in total. The third-order valence-corrected chi connectivity index (χ3v) is 3.96. The monoisotopic (exact) mass is 371 g/mol. The van der Waals surface area contributed by atoms with Crippen molar-refractivity contribution in [1.29, 1.82) is 0 Å². The molecule has 1 aromatic heterocycles. The fourth-order valence-electron chi connectivity index (χ4n) is 2.78. The molecule has 0 fully saturated rings. The lowest BCUT2D eigenvalue weighted by molar-refractivity contribution is 0.196. The molecule has 0 aliphatic carbocycles. The number of halogens is 1. The molecular weight excluding hydrogens is 354 g/mol. The summed E-state index contributed by atoms with van der Waals surface area (Å²) in [6, 6.07) is 12.5. The van der Waals surface area contributed by atoms with Crippen LogP contribution in [0.3, 0.4) is 0 Å². The van der Waals surface area contributed by atoms with E-state index in [1.54, 1.807) is 18.2 Å². The van der Waals surface area contributed by atoms with Gasteiger partial charge in [0.15, 0.2) is 0 Å². The molecular formula is C19H18ClN3O3. The van der Waals surface area contributed by atoms with Crippen molar-refractivity contribution in [1.82, 2.24) is 9.97 Å². The van der Waals surface area contributed by atoms with E-state index in [2.05, 4.69) is 9.97 Å². The third kappa shape index (κ3) is 3.55. The fourth-order valence-corrected chi connectivity index (χ4v) is 2.92. The Bertz CT molecular complexity index is 970. The fraction of sp³-hybridized carbons (Fsp3) is 0.211. The van der Waals surface area contributed by atoms with Crippen LogP contribution in [0.1, 0.15) is 20.8 Å². The SMILES string of the molecule is CC(C)(C)N(C(=O)O)c1ccc(Oc2ccnc(Cl)n2)c2ccccc12. The number of carbonyl (C=O) groups is 1. The minimum absolute atomic E-state index is 0.0909. The summed E-state index contributed by atoms with van der Waals surface area (Å²) in [5, 5.41) is 11.4. The molecule has 0 spiro atoms. The van der Waals surface area contributed by atoms with E-state index in [0.29, 0.717) is 17.3 Å². The van der Waals surface area contributed by atoms with Gasteiger partial charge in [-0.1, -0.05) is 24.3 Å². The van der Waals surface area contributed by atoms with Gasteiger partial charge < -0.3 is 9.84 Å². The zero-order chi connectivity index (χ0) is 18.9. The second kappa shape index (κ2) is 6.80. The number of ether oxygens (including phenoxy) is 1. The molecule has 2 aromatic carbocycles. The standard InChI is InChI=1S/C19H18ClN3O3/c1-19(2,3)23(18(24)25)14-8-9-15(13-7-5-4-6-12(13)14)26-16-10-11-21-17(20)22-16/h4-11H,1-3H3,(H,24,25). The number of hydrogen-bond donors (Lipinski definition) is 1. The Morgan fingerprint density at radius 3 is 2.42 bits per heavy atom. The molecule has 0 aliphatic heterocycles. The molecule has 0 atom stereocenters. The maximum atomic E-state index is 11.9. The molecule has 0 aliphatic rings. The van der Waals surface area contributed by atoms with E-state index < -0.39 is 11.6 Å². The van der Waals surface area contributed by atoms with Gasteiger partial charge in [-0.15, -0.1) is 0 Å². The summed E-state index contributed by atoms with van der Waals surface area (Å²) in [6.45, 7) is 5.55. The lowest BCUT2D eigenvalue weighted by atomic mass is 10.0. The average molecular weight is 372 g/mol. The van der Waals surface area contributed by atoms with E-state index in [9.17, 15) is 9.90 Å². The largest absolute Gasteiger partial charge is 0.465 e. The second-order valence-electron chi connectivity index (χ2n) is 6.68. The first-order valence-electron chi connectivity index (χ1n) is 7.98. The lowest BCUT2D eigenvalue weighted by Crippen LogP contribution is -2.45. The molecule has 134 valence electrons. The van der Waals surface area contributed by atoms with Crippen molar-refractivity contribution < 1.29 is 14.6 Å². The first-order chi connectivity index (χ1) is 12.3. The molecule has 0 saturated heterocycles. The van der Waals surface area contributed by atoms with Crippen LogP contribution in [0.25, 0.3) is 10.8 Å². The van der Waals surface area contributed by atoms with Crippen LogP contribution < -0.4 is 9.64 Å². The van der Waals surface area contributed by atoms with E-state index in [1.165, 1.54) is 11.1 Å². The Hall–Kier alpha value is -2.86. The van der Waals surface area contributed by atoms with Gasteiger partial charge in [0, 0.05) is 28.6 Å². The van der Waals surface area contributed by atoms with Crippen LogP contribution in [-0.4, -0.2) is 26.7 Å². The van der Waals surface area contributed by atoms with E-state index >= 15 is 0 Å². The summed E-state index contributed by atoms with van der Waals surface area (Å²) in [5.41, 5.74) is -0.00868. The number of aromatic nitrogens is 2. The van der Waals surface area contributed by atoms with Crippen LogP contribution in [-0.2, 0) is 0 Å². The highest BCUT2D eigenvalue weighted by Gasteiger charge is 2.29. The van der Waals surface area contributed by atoms with Gasteiger partial charge in [0.1, 0.15) is 5.75 Å². The molecule has 3 rings (SSSR count). The zero-order valence-corrected chi connectivity index (χ0v) is 15.4. The van der Waals surface area contributed by atoms with Crippen molar-refractivity contribution in [2.75, 3.05) is 4.90 Å². The zero-order valence-electron chi connectivity index (χ0n) is 14.6. The summed E-state index contributed by atoms with van der Waals surface area (Å²) in [5.74, 6) is 0.868. The summed E-state index contributed by atoms with van der Waals surface area (Å²) in [7, 11) is 0. The molecule has 6 nitrogen and oxygen atoms in total. The molecule has 1 amide bonds. The Kier molecular flexibility index (Phi) is 4.70. The molecule has 3 aromatic rings. The van der Waals surface area contributed by atoms with E-state index in [-0.39, 0.29) is 5.28 Å². The Balaban J connectivity index is 2.14. The minimum atomic E-state index is -1.01. The number of rotatable bonds is 3. The highest BCUT2D eigenvalue weighted by molar-refractivity contribution is 6.28. The van der Waals surface area contributed by atoms with Gasteiger partial charge in [-0.2, -0.15) is 4.98 Å². The van der Waals surface area contributed by atoms with Gasteiger partial charge in [0.2, 0.25) is 11.2 Å². The van der Waals surface area contributed by atoms with Gasteiger partial charge in [0.05, 0.1) is 5.69 Å². The van der Waals surface area contributed by atoms with Crippen molar-refractivity contribution in [2.45, 2.75) is 26.3 Å². The van der Waals surface area contributed by atoms with Crippen molar-refractivity contribution in [3.8, 4) is 11.6 Å². The van der Waals surface area contributed by atoms with Crippen LogP contribution in [0.2, 0.25) is 5.28 Å². The predicted molar refractivity (Wildman–Crippen MR) is 101 cm³/mol. The van der Waals surface area contributed by atoms with Crippen LogP contribution in [0.4, 0.5) is 10.5 Å². The van der Waals surface area contributed by atoms with Gasteiger partial charge in [-0.05, 0) is 44.5 Å². The highest BCUT2D eigenvalue weighted by atomic mass is 35.5. The van der Waals surface area contributed by atoms with Gasteiger partial charge in [-0.25, -0.2) is 9.78 Å². The smallest absolute Gasteiger partial charge is 0.412 e. The Morgan fingerprint density at radius 1 is 1.12 bits per heavy atom. The number of fused-ring (bicyclic) bond motifs is 1. The molecule has 7 heteroatoms. The number of amides is 1. The normalized spacial score (nSPS) is 11.4. The summed E-state index contributed by atoms with van der Waals surface area (Å²) < 4.78 is 5.85. The summed E-state index contributed by atoms with van der Waals surface area (Å²) >= 11 is 5.81. The van der Waals surface area contributed by atoms with Crippen LogP contribution in [0.5, 0.6) is 11.6 Å². The Morgan fingerprint density at radius 2 is 1.81 bits per heavy atom. The number of benzene rings is 2. The molecule has 26 heavy (non-hydrogen) atoms. The van der Waals surface area contributed by atoms with Crippen molar-refractivity contribution >= 4 is 34.2 Å². The summed E-state index contributed by atoms with van der Waals surface area (Å²) in [6.07, 6.45) is 0.492. The van der Waals surface area contributed by atoms with Crippen LogP contribution in [0, 0.1) is 0 Å². The van der Waals surface area contributed by atoms with E-state index in [1.807, 2.05) is 45.0 Å². The maximum absolute atomic E-state index is 11.9. The lowest BCUT2D eigenvalue weighted by Gasteiger charge is -2.34. The average Bonchev–Trinajstić information content (AvgIpc) is 2.55. The number of nitrogens with zero attached hydrogens (tertiary/aromatic N) is 3. The number of carboxylic acid groups (broad SMARTS) is 1. The number of hydrogen-bond acceptors (Lipinski definition) is 4. The molecule has 0 unspecified atom stereocenters. The van der Waals surface area contributed by atoms with Crippen molar-refractivity contribution in [2.24, 2.45) is 0 Å². The van der Waals surface area contributed by atoms with Gasteiger partial charge in [-0.3, -0.25) is 4.90 Å². The number of anilines is 1. The molecule has 1 heterocycles. The van der Waals surface area contributed by atoms with Crippen LogP contribution in [0.15, 0.2) is 48.7 Å². The second-order valence-corrected chi connectivity index (χ2v) is 7.02. The Labute approximate surface area is 156 Å². The highest BCUT2D eigenvalue weighted by Crippen LogP contribution is 2.38. The van der Waals surface area contributed by atoms with Gasteiger partial charge in [0.25, 0.3) is 0 Å². The molecule has 0 saturated carbocycles. The third-order valence-electron chi connectivity index (χ3n) is 3.78. The van der Waals surface area contributed by atoms with Crippen LogP contribution >= 0.6 is 11.6 Å². The summed E-state index contributed by atoms with van der Waals surface area (Å²) in [4.78, 5) is 21.1. The first-order valence-corrected chi connectivity index (χ1v) is 8.36. The topological polar surface area (TPSA) is 75.6 Å². The van der Waals surface area contributed by atoms with Gasteiger partial charge >= 0.3 is 6.09 Å². The van der Waals surface area contributed by atoms with E-state index in [0.717, 1.165) is 10.8 Å². The van der Waals surface area contributed by atoms with E-state index in [4.69, 9.17) is 16.3 Å². The maximum Gasteiger partial charge on any atom is 0.412 e. The first kappa shape index (κ1) is 17.9.